The molecule has 1 atom stereocenters. The van der Waals surface area contributed by atoms with E-state index in [0.717, 1.165) is 25.8 Å². The third-order valence-electron chi connectivity index (χ3n) is 2.79. The van der Waals surface area contributed by atoms with Crippen LogP contribution in [0.5, 0.6) is 5.75 Å². The number of halogens is 3. The van der Waals surface area contributed by atoms with E-state index in [1.165, 1.54) is 0 Å². The molecule has 100 valence electrons. The molecule has 1 unspecified atom stereocenters. The third kappa shape index (κ3) is 3.51. The lowest BCUT2D eigenvalue weighted by atomic mass is 9.99. The minimum absolute atomic E-state index is 0.285. The van der Waals surface area contributed by atoms with Crippen molar-refractivity contribution in [2.75, 3.05) is 7.11 Å². The van der Waals surface area contributed by atoms with Crippen molar-refractivity contribution in [3.63, 3.8) is 0 Å². The maximum absolute atomic E-state index is 6.28. The number of benzene rings is 2. The summed E-state index contributed by atoms with van der Waals surface area (Å²) in [5, 5.41) is 0.600. The molecule has 0 fully saturated rings. The maximum Gasteiger partial charge on any atom is 0.120 e. The maximum atomic E-state index is 6.28. The van der Waals surface area contributed by atoms with Gasteiger partial charge in [0.1, 0.15) is 5.75 Å². The highest BCUT2D eigenvalue weighted by Gasteiger charge is 2.14. The Balaban J connectivity index is 2.40. The van der Waals surface area contributed by atoms with Crippen molar-refractivity contribution in [3.05, 3.63) is 61.5 Å². The Morgan fingerprint density at radius 1 is 1.11 bits per heavy atom. The predicted octanol–water partition coefficient (Wildman–Crippen LogP) is 4.92. The van der Waals surface area contributed by atoms with E-state index in [-0.39, 0.29) is 6.04 Å². The molecule has 0 aliphatic rings. The number of ether oxygens (including phenoxy) is 1. The summed E-state index contributed by atoms with van der Waals surface area (Å²) >= 11 is 13.2. The molecule has 0 radical (unpaired) electrons. The fourth-order valence-electron chi connectivity index (χ4n) is 1.82. The highest BCUT2D eigenvalue weighted by atomic mass is 79.9. The largest absolute Gasteiger partial charge is 0.497 e. The van der Waals surface area contributed by atoms with Crippen molar-refractivity contribution >= 4 is 43.5 Å². The molecule has 0 heterocycles. The fourth-order valence-corrected chi connectivity index (χ4v) is 3.44. The summed E-state index contributed by atoms with van der Waals surface area (Å²) in [7, 11) is 1.61. The lowest BCUT2D eigenvalue weighted by Gasteiger charge is -2.16. The van der Waals surface area contributed by atoms with Crippen molar-refractivity contribution in [2.24, 2.45) is 5.73 Å². The molecule has 5 heteroatoms. The third-order valence-corrected chi connectivity index (χ3v) is 4.03. The van der Waals surface area contributed by atoms with E-state index >= 15 is 0 Å². The number of hydrogen-bond acceptors (Lipinski definition) is 2. The quantitative estimate of drug-likeness (QED) is 0.787. The molecule has 0 saturated carbocycles. The van der Waals surface area contributed by atoms with E-state index in [0.29, 0.717) is 5.02 Å². The SMILES string of the molecule is COc1ccc(C(N)c2cc(Br)cc(Br)c2)c(Cl)c1. The first-order chi connectivity index (χ1) is 9.01. The molecule has 2 aromatic carbocycles. The summed E-state index contributed by atoms with van der Waals surface area (Å²) in [4.78, 5) is 0. The van der Waals surface area contributed by atoms with E-state index < -0.39 is 0 Å². The van der Waals surface area contributed by atoms with Crippen LogP contribution in [0.25, 0.3) is 0 Å². The Morgan fingerprint density at radius 3 is 2.26 bits per heavy atom. The molecule has 0 amide bonds. The molecule has 0 saturated heterocycles. The predicted molar refractivity (Wildman–Crippen MR) is 85.9 cm³/mol. The summed E-state index contributed by atoms with van der Waals surface area (Å²) in [6.45, 7) is 0. The van der Waals surface area contributed by atoms with Gasteiger partial charge in [0.25, 0.3) is 0 Å². The fraction of sp³-hybridized carbons (Fsp3) is 0.143. The Labute approximate surface area is 134 Å². The summed E-state index contributed by atoms with van der Waals surface area (Å²) < 4.78 is 7.07. The standard InChI is InChI=1S/C14H12Br2ClNO/c1-19-11-2-3-12(13(17)7-11)14(18)8-4-9(15)6-10(16)5-8/h2-7,14H,18H2,1H3. The molecule has 0 aromatic heterocycles. The van der Waals surface area contributed by atoms with Crippen molar-refractivity contribution in [1.82, 2.24) is 0 Å². The van der Waals surface area contributed by atoms with Gasteiger partial charge in [0.05, 0.1) is 13.2 Å². The monoisotopic (exact) mass is 403 g/mol. The Hall–Kier alpha value is -0.550. The van der Waals surface area contributed by atoms with Gasteiger partial charge in [-0.1, -0.05) is 49.5 Å². The zero-order chi connectivity index (χ0) is 14.0. The van der Waals surface area contributed by atoms with E-state index in [9.17, 15) is 0 Å². The van der Waals surface area contributed by atoms with Gasteiger partial charge in [-0.15, -0.1) is 0 Å². The van der Waals surface area contributed by atoms with Crippen LogP contribution in [0.3, 0.4) is 0 Å². The lowest BCUT2D eigenvalue weighted by Crippen LogP contribution is -2.12. The first-order valence-electron chi connectivity index (χ1n) is 5.56. The van der Waals surface area contributed by atoms with Gasteiger partial charge in [0, 0.05) is 14.0 Å². The molecule has 2 nitrogen and oxygen atoms in total. The van der Waals surface area contributed by atoms with Crippen LogP contribution in [-0.4, -0.2) is 7.11 Å². The number of hydrogen-bond donors (Lipinski definition) is 1. The van der Waals surface area contributed by atoms with Gasteiger partial charge in [0.2, 0.25) is 0 Å². The Bertz CT molecular complexity index is 584. The van der Waals surface area contributed by atoms with Gasteiger partial charge in [-0.25, -0.2) is 0 Å². The molecular weight excluding hydrogens is 393 g/mol. The van der Waals surface area contributed by atoms with Crippen LogP contribution in [-0.2, 0) is 0 Å². The van der Waals surface area contributed by atoms with Crippen LogP contribution in [0.15, 0.2) is 45.3 Å². The minimum Gasteiger partial charge on any atom is -0.497 e. The van der Waals surface area contributed by atoms with Crippen LogP contribution in [0.2, 0.25) is 5.02 Å². The van der Waals surface area contributed by atoms with Gasteiger partial charge in [0.15, 0.2) is 0 Å². The number of rotatable bonds is 3. The molecule has 2 aromatic rings. The molecule has 0 spiro atoms. The second kappa shape index (κ2) is 6.27. The summed E-state index contributed by atoms with van der Waals surface area (Å²) in [5.74, 6) is 0.719. The van der Waals surface area contributed by atoms with Crippen LogP contribution < -0.4 is 10.5 Å². The van der Waals surface area contributed by atoms with Crippen molar-refractivity contribution < 1.29 is 4.74 Å². The van der Waals surface area contributed by atoms with Crippen molar-refractivity contribution in [3.8, 4) is 5.75 Å². The van der Waals surface area contributed by atoms with E-state index in [2.05, 4.69) is 31.9 Å². The normalized spacial score (nSPS) is 12.3. The van der Waals surface area contributed by atoms with Gasteiger partial charge >= 0.3 is 0 Å². The van der Waals surface area contributed by atoms with E-state index in [4.69, 9.17) is 22.1 Å². The lowest BCUT2D eigenvalue weighted by molar-refractivity contribution is 0.414. The Morgan fingerprint density at radius 2 is 1.74 bits per heavy atom. The van der Waals surface area contributed by atoms with E-state index in [1.54, 1.807) is 13.2 Å². The summed E-state index contributed by atoms with van der Waals surface area (Å²) in [6.07, 6.45) is 0. The van der Waals surface area contributed by atoms with Gasteiger partial charge in [-0.3, -0.25) is 0 Å². The zero-order valence-electron chi connectivity index (χ0n) is 10.2. The van der Waals surface area contributed by atoms with Crippen LogP contribution in [0, 0.1) is 0 Å². The highest BCUT2D eigenvalue weighted by Crippen LogP contribution is 2.32. The number of nitrogens with two attached hydrogens (primary N) is 1. The van der Waals surface area contributed by atoms with Crippen LogP contribution in [0.1, 0.15) is 17.2 Å². The molecule has 0 aliphatic heterocycles. The zero-order valence-corrected chi connectivity index (χ0v) is 14.1. The van der Waals surface area contributed by atoms with Crippen LogP contribution in [0.4, 0.5) is 0 Å². The average Bonchev–Trinajstić information content (AvgIpc) is 2.36. The highest BCUT2D eigenvalue weighted by molar-refractivity contribution is 9.11. The van der Waals surface area contributed by atoms with Crippen molar-refractivity contribution in [2.45, 2.75) is 6.04 Å². The molecule has 2 N–H and O–H groups in total. The first-order valence-corrected chi connectivity index (χ1v) is 7.52. The summed E-state index contributed by atoms with van der Waals surface area (Å²) in [5.41, 5.74) is 8.13. The second-order valence-corrected chi connectivity index (χ2v) is 6.31. The van der Waals surface area contributed by atoms with E-state index in [1.807, 2.05) is 30.3 Å². The Kier molecular flexibility index (Phi) is 4.90. The molecule has 0 bridgehead atoms. The van der Waals surface area contributed by atoms with Gasteiger partial charge in [-0.2, -0.15) is 0 Å². The molecule has 2 rings (SSSR count). The van der Waals surface area contributed by atoms with Crippen molar-refractivity contribution in [1.29, 1.82) is 0 Å². The number of methoxy groups -OCH3 is 1. The second-order valence-electron chi connectivity index (χ2n) is 4.07. The summed E-state index contributed by atoms with van der Waals surface area (Å²) in [6, 6.07) is 11.2. The molecule has 19 heavy (non-hydrogen) atoms. The average molecular weight is 406 g/mol. The first kappa shape index (κ1) is 14.9. The van der Waals surface area contributed by atoms with Gasteiger partial charge in [-0.05, 0) is 41.5 Å². The molecular formula is C14H12Br2ClNO. The van der Waals surface area contributed by atoms with Crippen LogP contribution >= 0.6 is 43.5 Å². The van der Waals surface area contributed by atoms with Gasteiger partial charge < -0.3 is 10.5 Å². The topological polar surface area (TPSA) is 35.2 Å². The minimum atomic E-state index is -0.285. The molecule has 0 aliphatic carbocycles. The smallest absolute Gasteiger partial charge is 0.120 e.